The zero-order chi connectivity index (χ0) is 35.6. The van der Waals surface area contributed by atoms with E-state index >= 15 is 0 Å². The molecule has 2 aromatic carbocycles. The Hall–Kier alpha value is -6.37. The normalized spacial score (nSPS) is 13.5. The zero-order valence-corrected chi connectivity index (χ0v) is 27.2. The highest BCUT2D eigenvalue weighted by Gasteiger charge is 2.28. The first-order chi connectivity index (χ1) is 24.6. The molecule has 0 atom stereocenters. The van der Waals surface area contributed by atoms with Crippen molar-refractivity contribution in [1.82, 2.24) is 19.9 Å². The van der Waals surface area contributed by atoms with E-state index < -0.39 is 11.6 Å². The number of hydrogen-bond acceptors (Lipinski definition) is 8. The minimum atomic E-state index is -0.958. The zero-order valence-electron chi connectivity index (χ0n) is 27.2. The van der Waals surface area contributed by atoms with Gasteiger partial charge in [0.05, 0.1) is 33.9 Å². The van der Waals surface area contributed by atoms with Crippen LogP contribution in [0.5, 0.6) is 0 Å². The van der Waals surface area contributed by atoms with Gasteiger partial charge >= 0.3 is 0 Å². The Morgan fingerprint density at radius 3 is 1.57 bits per heavy atom. The van der Waals surface area contributed by atoms with E-state index in [4.69, 9.17) is 11.5 Å². The molecule has 0 fully saturated rings. The van der Waals surface area contributed by atoms with Crippen molar-refractivity contribution in [2.45, 2.75) is 38.5 Å². The van der Waals surface area contributed by atoms with Crippen molar-refractivity contribution < 1.29 is 22.8 Å². The van der Waals surface area contributed by atoms with Gasteiger partial charge in [0, 0.05) is 65.2 Å². The molecule has 0 unspecified atom stereocenters. The molecule has 51 heavy (non-hydrogen) atoms. The molecule has 6 aromatic rings. The van der Waals surface area contributed by atoms with Crippen molar-refractivity contribution in [3.63, 3.8) is 0 Å². The average Bonchev–Trinajstić information content (AvgIpc) is 3.68. The monoisotopic (exact) mass is 690 g/mol. The van der Waals surface area contributed by atoms with Crippen LogP contribution in [0.1, 0.15) is 57.8 Å². The number of carbonyl (C=O) groups excluding carboxylic acids is 2. The van der Waals surface area contributed by atoms with E-state index in [-0.39, 0.29) is 17.4 Å². The number of nitrogens with two attached hydrogens (primary N) is 2. The van der Waals surface area contributed by atoms with Crippen molar-refractivity contribution in [1.29, 1.82) is 0 Å². The molecular formula is C38H33F3N8O2. The lowest BCUT2D eigenvalue weighted by Gasteiger charge is -2.14. The summed E-state index contributed by atoms with van der Waals surface area (Å²) in [6.07, 6.45) is 7.36. The summed E-state index contributed by atoms with van der Waals surface area (Å²) in [5.74, 6) is -1.31. The molecule has 8 rings (SSSR count). The van der Waals surface area contributed by atoms with Gasteiger partial charge in [0.2, 0.25) is 0 Å². The van der Waals surface area contributed by atoms with Crippen LogP contribution in [0.3, 0.4) is 0 Å². The number of nitrogens with zero attached hydrogens (tertiary/aromatic N) is 2. The number of hydrogen-bond donors (Lipinski definition) is 6. The molecule has 2 aliphatic carbocycles. The molecule has 2 aliphatic rings. The fraction of sp³-hybridized carbons (Fsp3) is 0.158. The quantitative estimate of drug-likeness (QED) is 0.102. The average molecular weight is 691 g/mol. The number of nitrogens with one attached hydrogen (secondary N) is 4. The molecule has 0 amide bonds. The van der Waals surface area contributed by atoms with Crippen molar-refractivity contribution in [2.75, 3.05) is 22.1 Å². The number of halogens is 3. The van der Waals surface area contributed by atoms with Gasteiger partial charge in [-0.3, -0.25) is 9.59 Å². The minimum absolute atomic E-state index is 0.0147. The van der Waals surface area contributed by atoms with E-state index in [2.05, 4.69) is 30.6 Å². The molecule has 4 aromatic heterocycles. The number of benzene rings is 2. The summed E-state index contributed by atoms with van der Waals surface area (Å²) in [7, 11) is 0. The molecule has 0 aliphatic heterocycles. The first-order valence-corrected chi connectivity index (χ1v) is 16.4. The number of anilines is 6. The molecule has 0 saturated carbocycles. The lowest BCUT2D eigenvalue weighted by molar-refractivity contribution is 0.0965. The molecule has 0 saturated heterocycles. The number of aromatic amines is 2. The van der Waals surface area contributed by atoms with Gasteiger partial charge < -0.3 is 32.1 Å². The first-order valence-electron chi connectivity index (χ1n) is 16.4. The largest absolute Gasteiger partial charge is 0.384 e. The van der Waals surface area contributed by atoms with E-state index in [0.29, 0.717) is 64.0 Å². The van der Waals surface area contributed by atoms with Gasteiger partial charge in [0.25, 0.3) is 0 Å². The summed E-state index contributed by atoms with van der Waals surface area (Å²) in [4.78, 5) is 39.7. The molecule has 0 radical (unpaired) electrons. The van der Waals surface area contributed by atoms with Gasteiger partial charge in [-0.1, -0.05) is 0 Å². The van der Waals surface area contributed by atoms with Crippen molar-refractivity contribution >= 4 is 46.0 Å². The van der Waals surface area contributed by atoms with Gasteiger partial charge in [-0.2, -0.15) is 0 Å². The van der Waals surface area contributed by atoms with E-state index in [1.54, 1.807) is 42.7 Å². The molecule has 0 bridgehead atoms. The maximum Gasteiger partial charge on any atom is 0.166 e. The Morgan fingerprint density at radius 1 is 0.588 bits per heavy atom. The predicted molar refractivity (Wildman–Crippen MR) is 191 cm³/mol. The summed E-state index contributed by atoms with van der Waals surface area (Å²) in [6, 6.07) is 16.7. The molecular weight excluding hydrogens is 657 g/mol. The number of aromatic nitrogens is 4. The van der Waals surface area contributed by atoms with Crippen LogP contribution in [-0.2, 0) is 12.8 Å². The maximum absolute atomic E-state index is 13.6. The lowest BCUT2D eigenvalue weighted by atomic mass is 9.95. The van der Waals surface area contributed by atoms with Crippen LogP contribution >= 0.6 is 0 Å². The van der Waals surface area contributed by atoms with E-state index in [1.165, 1.54) is 18.2 Å². The SMILES string of the molecule is Nc1cc(-c2[nH]c3c(c2Nc2ccc(F)c(F)c2)C(=O)CCC3)ccn1.Nc1cc(-c2[nH]c3c(c2Nc2ccc(F)cc2)C(=O)CCC3)ccn1. The summed E-state index contributed by atoms with van der Waals surface area (Å²) < 4.78 is 40.0. The number of aryl methyl sites for hydroxylation is 2. The van der Waals surface area contributed by atoms with Crippen LogP contribution in [-0.4, -0.2) is 31.5 Å². The van der Waals surface area contributed by atoms with Crippen LogP contribution in [0.2, 0.25) is 0 Å². The summed E-state index contributed by atoms with van der Waals surface area (Å²) in [6.45, 7) is 0. The number of H-pyrrole nitrogens is 2. The Labute approximate surface area is 290 Å². The second-order valence-electron chi connectivity index (χ2n) is 12.3. The fourth-order valence-corrected chi connectivity index (χ4v) is 6.48. The molecule has 13 heteroatoms. The van der Waals surface area contributed by atoms with Gasteiger partial charge in [-0.05, 0) is 86.3 Å². The number of ketones is 2. The third-order valence-corrected chi connectivity index (χ3v) is 8.82. The minimum Gasteiger partial charge on any atom is -0.384 e. The Balaban J connectivity index is 0.000000159. The molecule has 4 heterocycles. The summed E-state index contributed by atoms with van der Waals surface area (Å²) in [5, 5.41) is 6.35. The van der Waals surface area contributed by atoms with Crippen LogP contribution in [0.4, 0.5) is 47.6 Å². The standard InChI is InChI=1S/C19H16F2N4O.C19H17FN4O/c20-12-5-4-11(9-13(12)21)24-19-17-14(2-1-3-15(17)26)25-18(19)10-6-7-23-16(22)8-10;20-12-4-6-13(7-5-12)23-19-17-14(2-1-3-15(17)25)24-18(19)11-8-9-22-16(21)10-11/h4-9,24-25H,1-3H2,(H2,22,23);4-10,23-24H,1-3H2,(H2,21,22). The summed E-state index contributed by atoms with van der Waals surface area (Å²) >= 11 is 0. The lowest BCUT2D eigenvalue weighted by Crippen LogP contribution is -2.10. The molecule has 10 nitrogen and oxygen atoms in total. The molecule has 258 valence electrons. The smallest absolute Gasteiger partial charge is 0.166 e. The highest BCUT2D eigenvalue weighted by molar-refractivity contribution is 6.08. The van der Waals surface area contributed by atoms with Crippen molar-refractivity contribution in [3.05, 3.63) is 119 Å². The van der Waals surface area contributed by atoms with Crippen LogP contribution in [0.25, 0.3) is 22.5 Å². The highest BCUT2D eigenvalue weighted by Crippen LogP contribution is 2.40. The van der Waals surface area contributed by atoms with Gasteiger partial charge in [-0.25, -0.2) is 23.1 Å². The number of nitrogen functional groups attached to an aromatic ring is 2. The number of Topliss-reactive ketones (excluding diaryl/α,β-unsaturated/α-hetero) is 2. The Kier molecular flexibility index (Phi) is 9.01. The summed E-state index contributed by atoms with van der Waals surface area (Å²) in [5.41, 5.74) is 20.0. The van der Waals surface area contributed by atoms with Gasteiger partial charge in [-0.15, -0.1) is 0 Å². The van der Waals surface area contributed by atoms with Gasteiger partial charge in [0.1, 0.15) is 17.5 Å². The van der Waals surface area contributed by atoms with Crippen LogP contribution in [0.15, 0.2) is 79.1 Å². The van der Waals surface area contributed by atoms with Crippen molar-refractivity contribution in [2.24, 2.45) is 0 Å². The molecule has 0 spiro atoms. The third kappa shape index (κ3) is 6.91. The first kappa shape index (κ1) is 33.1. The fourth-order valence-electron chi connectivity index (χ4n) is 6.48. The molecule has 8 N–H and O–H groups in total. The Bertz CT molecular complexity index is 2280. The number of rotatable bonds is 6. The van der Waals surface area contributed by atoms with Crippen molar-refractivity contribution in [3.8, 4) is 22.5 Å². The third-order valence-electron chi connectivity index (χ3n) is 8.82. The second-order valence-corrected chi connectivity index (χ2v) is 12.3. The second kappa shape index (κ2) is 13.9. The number of pyridine rings is 2. The van der Waals surface area contributed by atoms with Crippen LogP contribution < -0.4 is 22.1 Å². The van der Waals surface area contributed by atoms with E-state index in [1.807, 2.05) is 6.07 Å². The predicted octanol–water partition coefficient (Wildman–Crippen LogP) is 8.26. The van der Waals surface area contributed by atoms with Gasteiger partial charge in [0.15, 0.2) is 23.2 Å². The maximum atomic E-state index is 13.6. The van der Waals surface area contributed by atoms with Crippen LogP contribution in [0, 0.1) is 17.5 Å². The van der Waals surface area contributed by atoms with E-state index in [0.717, 1.165) is 66.0 Å². The topological polar surface area (TPSA) is 168 Å². The number of fused-ring (bicyclic) bond motifs is 2. The van der Waals surface area contributed by atoms with E-state index in [9.17, 15) is 22.8 Å². The number of carbonyl (C=O) groups is 2. The highest BCUT2D eigenvalue weighted by atomic mass is 19.2. The Morgan fingerprint density at radius 2 is 1.08 bits per heavy atom.